The lowest BCUT2D eigenvalue weighted by Crippen LogP contribution is -2.34. The van der Waals surface area contributed by atoms with Crippen LogP contribution in [0.1, 0.15) is 6.92 Å². The topological polar surface area (TPSA) is 32.3 Å². The van der Waals surface area contributed by atoms with Gasteiger partial charge in [-0.2, -0.15) is 0 Å². The highest BCUT2D eigenvalue weighted by Gasteiger charge is 2.16. The molecule has 0 bridgehead atoms. The third-order valence-corrected chi connectivity index (χ3v) is 1.37. The number of hydrogen-bond acceptors (Lipinski definition) is 3. The Labute approximate surface area is 54.3 Å². The third kappa shape index (κ3) is 1.10. The molecule has 0 saturated carbocycles. The highest BCUT2D eigenvalue weighted by atomic mass is 16.1. The van der Waals surface area contributed by atoms with Crippen LogP contribution in [0, 0.1) is 0 Å². The van der Waals surface area contributed by atoms with Crippen LogP contribution in [-0.2, 0) is 4.79 Å². The molecule has 1 unspecified atom stereocenters. The summed E-state index contributed by atoms with van der Waals surface area (Å²) >= 11 is 0. The first kappa shape index (κ1) is 6.29. The van der Waals surface area contributed by atoms with Gasteiger partial charge in [0.15, 0.2) is 0 Å². The van der Waals surface area contributed by atoms with Gasteiger partial charge in [0.1, 0.15) is 12.3 Å². The zero-order valence-electron chi connectivity index (χ0n) is 5.59. The van der Waals surface area contributed by atoms with E-state index in [4.69, 9.17) is 0 Å². The predicted octanol–water partition coefficient (Wildman–Crippen LogP) is -0.0923. The lowest BCUT2D eigenvalue weighted by molar-refractivity contribution is -0.109. The van der Waals surface area contributed by atoms with E-state index in [2.05, 4.69) is 5.43 Å². The minimum absolute atomic E-state index is 0.102. The number of carbonyl (C=O) groups is 1. The molecule has 1 heterocycles. The van der Waals surface area contributed by atoms with Crippen molar-refractivity contribution in [3.05, 3.63) is 11.8 Å². The van der Waals surface area contributed by atoms with E-state index < -0.39 is 0 Å². The molecular formula is C6H10N2O. The summed E-state index contributed by atoms with van der Waals surface area (Å²) in [5, 5.41) is 1.79. The van der Waals surface area contributed by atoms with Crippen LogP contribution in [0.2, 0.25) is 0 Å². The quantitative estimate of drug-likeness (QED) is 0.498. The SMILES string of the molecule is CC1=CN(C)NC1C=O. The van der Waals surface area contributed by atoms with Crippen LogP contribution in [0.15, 0.2) is 11.8 Å². The van der Waals surface area contributed by atoms with Crippen molar-refractivity contribution in [1.82, 2.24) is 10.4 Å². The van der Waals surface area contributed by atoms with Gasteiger partial charge in [-0.15, -0.1) is 0 Å². The van der Waals surface area contributed by atoms with Gasteiger partial charge in [-0.25, -0.2) is 5.43 Å². The molecule has 0 radical (unpaired) electrons. The van der Waals surface area contributed by atoms with Crippen LogP contribution in [-0.4, -0.2) is 24.4 Å². The lowest BCUT2D eigenvalue weighted by atomic mass is 10.2. The Morgan fingerprint density at radius 2 is 2.56 bits per heavy atom. The van der Waals surface area contributed by atoms with Crippen molar-refractivity contribution in [3.63, 3.8) is 0 Å². The fraction of sp³-hybridized carbons (Fsp3) is 0.500. The first-order valence-corrected chi connectivity index (χ1v) is 2.86. The van der Waals surface area contributed by atoms with Crippen molar-refractivity contribution in [2.45, 2.75) is 13.0 Å². The zero-order chi connectivity index (χ0) is 6.85. The van der Waals surface area contributed by atoms with E-state index in [9.17, 15) is 4.79 Å². The lowest BCUT2D eigenvalue weighted by Gasteiger charge is -2.09. The van der Waals surface area contributed by atoms with Gasteiger partial charge >= 0.3 is 0 Å². The minimum atomic E-state index is -0.102. The molecule has 0 aromatic rings. The molecule has 9 heavy (non-hydrogen) atoms. The van der Waals surface area contributed by atoms with Gasteiger partial charge in [-0.3, -0.25) is 0 Å². The Morgan fingerprint density at radius 1 is 1.89 bits per heavy atom. The molecule has 0 amide bonds. The predicted molar refractivity (Wildman–Crippen MR) is 34.5 cm³/mol. The molecule has 1 N–H and O–H groups in total. The van der Waals surface area contributed by atoms with Crippen LogP contribution in [0.3, 0.4) is 0 Å². The average Bonchev–Trinajstić information content (AvgIpc) is 2.10. The highest BCUT2D eigenvalue weighted by Crippen LogP contribution is 2.06. The van der Waals surface area contributed by atoms with Gasteiger partial charge in [-0.05, 0) is 12.5 Å². The Hall–Kier alpha value is -0.830. The normalized spacial score (nSPS) is 26.2. The summed E-state index contributed by atoms with van der Waals surface area (Å²) in [7, 11) is 1.87. The van der Waals surface area contributed by atoms with E-state index in [0.717, 1.165) is 11.9 Å². The van der Waals surface area contributed by atoms with Crippen LogP contribution >= 0.6 is 0 Å². The Balaban J connectivity index is 2.64. The van der Waals surface area contributed by atoms with Crippen LogP contribution in [0.25, 0.3) is 0 Å². The van der Waals surface area contributed by atoms with E-state index in [0.29, 0.717) is 0 Å². The van der Waals surface area contributed by atoms with E-state index in [1.54, 1.807) is 5.01 Å². The number of hydrazine groups is 1. The minimum Gasteiger partial charge on any atom is -0.318 e. The van der Waals surface area contributed by atoms with Gasteiger partial charge in [0, 0.05) is 13.2 Å². The number of rotatable bonds is 1. The Kier molecular flexibility index (Phi) is 1.53. The first-order valence-electron chi connectivity index (χ1n) is 2.86. The number of aldehydes is 1. The Bertz CT molecular complexity index is 153. The highest BCUT2D eigenvalue weighted by molar-refractivity contribution is 5.63. The number of nitrogens with zero attached hydrogens (tertiary/aromatic N) is 1. The molecule has 3 nitrogen and oxygen atoms in total. The number of nitrogens with one attached hydrogen (secondary N) is 1. The second kappa shape index (κ2) is 2.19. The summed E-state index contributed by atoms with van der Waals surface area (Å²) in [6.07, 6.45) is 2.80. The molecule has 3 heteroatoms. The molecule has 1 atom stereocenters. The Morgan fingerprint density at radius 3 is 2.78 bits per heavy atom. The van der Waals surface area contributed by atoms with Crippen LogP contribution < -0.4 is 5.43 Å². The maximum Gasteiger partial charge on any atom is 0.142 e. The van der Waals surface area contributed by atoms with Crippen molar-refractivity contribution >= 4 is 6.29 Å². The molecule has 1 aliphatic heterocycles. The summed E-state index contributed by atoms with van der Waals surface area (Å²) in [5.41, 5.74) is 3.99. The van der Waals surface area contributed by atoms with Crippen molar-refractivity contribution in [2.75, 3.05) is 7.05 Å². The van der Waals surface area contributed by atoms with Crippen molar-refractivity contribution in [3.8, 4) is 0 Å². The van der Waals surface area contributed by atoms with Gasteiger partial charge in [0.25, 0.3) is 0 Å². The molecule has 1 rings (SSSR count). The van der Waals surface area contributed by atoms with E-state index >= 15 is 0 Å². The number of carbonyl (C=O) groups excluding carboxylic acids is 1. The van der Waals surface area contributed by atoms with Crippen molar-refractivity contribution < 1.29 is 4.79 Å². The smallest absolute Gasteiger partial charge is 0.142 e. The average molecular weight is 126 g/mol. The summed E-state index contributed by atoms with van der Waals surface area (Å²) in [6, 6.07) is -0.102. The van der Waals surface area contributed by atoms with E-state index in [-0.39, 0.29) is 6.04 Å². The molecule has 0 saturated heterocycles. The molecule has 0 spiro atoms. The van der Waals surface area contributed by atoms with E-state index in [1.165, 1.54) is 0 Å². The van der Waals surface area contributed by atoms with Crippen molar-refractivity contribution in [1.29, 1.82) is 0 Å². The fourth-order valence-electron chi connectivity index (χ4n) is 0.882. The third-order valence-electron chi connectivity index (χ3n) is 1.37. The number of hydrogen-bond donors (Lipinski definition) is 1. The summed E-state index contributed by atoms with van der Waals surface area (Å²) < 4.78 is 0. The van der Waals surface area contributed by atoms with Crippen LogP contribution in [0.5, 0.6) is 0 Å². The second-order valence-corrected chi connectivity index (χ2v) is 2.23. The first-order chi connectivity index (χ1) is 4.24. The standard InChI is InChI=1S/C6H10N2O/c1-5-3-8(2)7-6(5)4-9/h3-4,6-7H,1-2H3. The van der Waals surface area contributed by atoms with Crippen molar-refractivity contribution in [2.24, 2.45) is 0 Å². The largest absolute Gasteiger partial charge is 0.318 e. The van der Waals surface area contributed by atoms with Gasteiger partial charge < -0.3 is 9.80 Å². The van der Waals surface area contributed by atoms with Crippen LogP contribution in [0.4, 0.5) is 0 Å². The zero-order valence-corrected chi connectivity index (χ0v) is 5.59. The summed E-state index contributed by atoms with van der Waals surface area (Å²) in [6.45, 7) is 1.93. The molecule has 50 valence electrons. The van der Waals surface area contributed by atoms with Gasteiger partial charge in [0.05, 0.1) is 0 Å². The summed E-state index contributed by atoms with van der Waals surface area (Å²) in [4.78, 5) is 10.2. The maximum atomic E-state index is 10.2. The van der Waals surface area contributed by atoms with Gasteiger partial charge in [0.2, 0.25) is 0 Å². The molecule has 0 fully saturated rings. The molecule has 0 aromatic heterocycles. The fourth-order valence-corrected chi connectivity index (χ4v) is 0.882. The molecule has 1 aliphatic rings. The van der Waals surface area contributed by atoms with Gasteiger partial charge in [-0.1, -0.05) is 0 Å². The molecule has 0 aromatic carbocycles. The van der Waals surface area contributed by atoms with E-state index in [1.807, 2.05) is 20.2 Å². The molecular weight excluding hydrogens is 116 g/mol. The molecule has 0 aliphatic carbocycles. The second-order valence-electron chi connectivity index (χ2n) is 2.23. The monoisotopic (exact) mass is 126 g/mol. The maximum absolute atomic E-state index is 10.2. The summed E-state index contributed by atoms with van der Waals surface area (Å²) in [5.74, 6) is 0.